The Labute approximate surface area is 277 Å². The molecular formula is C36H45N3O7Si. The van der Waals surface area contributed by atoms with E-state index in [1.165, 1.54) is 12.3 Å². The van der Waals surface area contributed by atoms with Crippen molar-refractivity contribution in [2.75, 3.05) is 43.3 Å². The molecule has 2 aliphatic heterocycles. The second kappa shape index (κ2) is 13.9. The number of nitrogens with one attached hydrogen (secondary N) is 1. The molecule has 0 bridgehead atoms. The number of aliphatic hydroxyl groups is 1. The first kappa shape index (κ1) is 34.1. The van der Waals surface area contributed by atoms with Gasteiger partial charge in [0, 0.05) is 48.0 Å². The highest BCUT2D eigenvalue weighted by molar-refractivity contribution is 6.91. The molecule has 0 aromatic heterocycles. The van der Waals surface area contributed by atoms with E-state index in [4.69, 9.17) is 19.9 Å². The zero-order valence-corrected chi connectivity index (χ0v) is 28.7. The summed E-state index contributed by atoms with van der Waals surface area (Å²) in [5.41, 5.74) is 7.45. The van der Waals surface area contributed by atoms with Crippen LogP contribution >= 0.6 is 0 Å². The number of benzene rings is 3. The van der Waals surface area contributed by atoms with E-state index < -0.39 is 13.7 Å². The van der Waals surface area contributed by atoms with Crippen LogP contribution in [-0.2, 0) is 24.7 Å². The summed E-state index contributed by atoms with van der Waals surface area (Å²) in [5, 5.41) is 14.4. The summed E-state index contributed by atoms with van der Waals surface area (Å²) < 4.78 is 17.2. The van der Waals surface area contributed by atoms with Gasteiger partial charge in [0.2, 0.25) is 0 Å². The second-order valence-corrected chi connectivity index (χ2v) is 17.7. The average molecular weight is 660 g/mol. The predicted molar refractivity (Wildman–Crippen MR) is 185 cm³/mol. The van der Waals surface area contributed by atoms with Crippen molar-refractivity contribution < 1.29 is 33.7 Å². The number of hydrogen-bond donors (Lipinski definition) is 3. The Morgan fingerprint density at radius 1 is 1.04 bits per heavy atom. The Kier molecular flexibility index (Phi) is 10.1. The van der Waals surface area contributed by atoms with Crippen LogP contribution in [0.2, 0.25) is 18.6 Å². The number of carbonyl (C=O) groups excluding carboxylic acids is 3. The topological polar surface area (TPSA) is 140 Å². The van der Waals surface area contributed by atoms with Crippen molar-refractivity contribution >= 4 is 48.1 Å². The minimum absolute atomic E-state index is 0.0212. The maximum absolute atomic E-state index is 14.8. The van der Waals surface area contributed by atoms with Crippen LogP contribution in [0.3, 0.4) is 0 Å². The van der Waals surface area contributed by atoms with Crippen molar-refractivity contribution in [3.8, 4) is 5.75 Å². The van der Waals surface area contributed by atoms with Crippen LogP contribution in [0.25, 0.3) is 0 Å². The SMILES string of the molecule is COC(=O)CCCCN1C(=O)[C@@]2(O[C@@H](CCO)[C@H]([Si](C)(C)c3ccc(OC)cc3)[C@H]2C)c2cc(NC(=O)c3ccc(N)cc3)ccc21. The normalized spacial score (nSPS) is 22.0. The number of fused-ring (bicyclic) bond motifs is 2. The third kappa shape index (κ3) is 6.39. The minimum atomic E-state index is -2.34. The summed E-state index contributed by atoms with van der Waals surface area (Å²) in [6.45, 7) is 6.98. The molecule has 10 nitrogen and oxygen atoms in total. The van der Waals surface area contributed by atoms with Gasteiger partial charge in [-0.2, -0.15) is 0 Å². The second-order valence-electron chi connectivity index (χ2n) is 13.0. The van der Waals surface area contributed by atoms with E-state index in [0.29, 0.717) is 48.3 Å². The maximum atomic E-state index is 14.8. The van der Waals surface area contributed by atoms with Gasteiger partial charge >= 0.3 is 5.97 Å². The highest BCUT2D eigenvalue weighted by Crippen LogP contribution is 2.60. The summed E-state index contributed by atoms with van der Waals surface area (Å²) >= 11 is 0. The molecule has 4 N–H and O–H groups in total. The number of anilines is 3. The highest BCUT2D eigenvalue weighted by Gasteiger charge is 2.66. The Bertz CT molecular complexity index is 1610. The van der Waals surface area contributed by atoms with Crippen molar-refractivity contribution in [2.45, 2.75) is 62.9 Å². The molecule has 0 radical (unpaired) electrons. The molecule has 3 aromatic carbocycles. The summed E-state index contributed by atoms with van der Waals surface area (Å²) in [6, 6.07) is 20.3. The first-order valence-corrected chi connectivity index (χ1v) is 19.2. The largest absolute Gasteiger partial charge is 0.497 e. The molecule has 4 atom stereocenters. The van der Waals surface area contributed by atoms with E-state index in [1.807, 2.05) is 24.3 Å². The lowest BCUT2D eigenvalue weighted by atomic mass is 9.82. The van der Waals surface area contributed by atoms with E-state index in [9.17, 15) is 19.5 Å². The van der Waals surface area contributed by atoms with Gasteiger partial charge in [0.25, 0.3) is 11.8 Å². The van der Waals surface area contributed by atoms with Gasteiger partial charge in [0.15, 0.2) is 5.60 Å². The third-order valence-corrected chi connectivity index (χ3v) is 14.3. The van der Waals surface area contributed by atoms with Crippen molar-refractivity contribution in [2.24, 2.45) is 5.92 Å². The van der Waals surface area contributed by atoms with Gasteiger partial charge in [-0.15, -0.1) is 0 Å². The van der Waals surface area contributed by atoms with Crippen molar-refractivity contribution in [3.05, 3.63) is 77.9 Å². The predicted octanol–water partition coefficient (Wildman–Crippen LogP) is 4.82. The van der Waals surface area contributed by atoms with Gasteiger partial charge in [0.05, 0.1) is 34.1 Å². The van der Waals surface area contributed by atoms with Gasteiger partial charge in [-0.25, -0.2) is 0 Å². The smallest absolute Gasteiger partial charge is 0.305 e. The number of rotatable bonds is 12. The first-order chi connectivity index (χ1) is 22.5. The third-order valence-electron chi connectivity index (χ3n) is 9.92. The van der Waals surface area contributed by atoms with E-state index in [-0.39, 0.29) is 48.4 Å². The molecule has 2 heterocycles. The fraction of sp³-hybridized carbons (Fsp3) is 0.417. The number of hydrogen-bond acceptors (Lipinski definition) is 8. The molecule has 11 heteroatoms. The van der Waals surface area contributed by atoms with E-state index >= 15 is 0 Å². The number of esters is 1. The van der Waals surface area contributed by atoms with Crippen LogP contribution < -0.4 is 25.9 Å². The lowest BCUT2D eigenvalue weighted by molar-refractivity contribution is -0.146. The van der Waals surface area contributed by atoms with E-state index in [0.717, 1.165) is 11.4 Å². The number of nitrogen functional groups attached to an aromatic ring is 1. The summed E-state index contributed by atoms with van der Waals surface area (Å²) in [5.74, 6) is -0.229. The van der Waals surface area contributed by atoms with Gasteiger partial charge in [-0.3, -0.25) is 14.4 Å². The van der Waals surface area contributed by atoms with Crippen LogP contribution in [0.15, 0.2) is 66.7 Å². The molecule has 5 rings (SSSR count). The first-order valence-electron chi connectivity index (χ1n) is 16.1. The number of methoxy groups -OCH3 is 2. The number of amides is 2. The van der Waals surface area contributed by atoms with E-state index in [1.54, 1.807) is 42.3 Å². The monoisotopic (exact) mass is 659 g/mol. The minimum Gasteiger partial charge on any atom is -0.497 e. The number of unbranched alkanes of at least 4 members (excludes halogenated alkanes) is 1. The lowest BCUT2D eigenvalue weighted by Crippen LogP contribution is -2.52. The molecule has 0 aliphatic carbocycles. The molecule has 1 fully saturated rings. The molecule has 0 unspecified atom stereocenters. The molecule has 3 aromatic rings. The Morgan fingerprint density at radius 2 is 1.74 bits per heavy atom. The lowest BCUT2D eigenvalue weighted by Gasteiger charge is -2.37. The average Bonchev–Trinajstić information content (AvgIpc) is 3.49. The highest BCUT2D eigenvalue weighted by atomic mass is 28.3. The van der Waals surface area contributed by atoms with Crippen LogP contribution in [0, 0.1) is 5.92 Å². The van der Waals surface area contributed by atoms with Crippen molar-refractivity contribution in [3.63, 3.8) is 0 Å². The van der Waals surface area contributed by atoms with Crippen molar-refractivity contribution in [1.82, 2.24) is 0 Å². The van der Waals surface area contributed by atoms with Crippen LogP contribution in [-0.4, -0.2) is 64.4 Å². The molecule has 1 saturated heterocycles. The van der Waals surface area contributed by atoms with Gasteiger partial charge in [0.1, 0.15) is 5.75 Å². The molecule has 2 aliphatic rings. The van der Waals surface area contributed by atoms with Gasteiger partial charge < -0.3 is 35.3 Å². The number of aliphatic hydroxyl groups excluding tert-OH is 1. The summed E-state index contributed by atoms with van der Waals surface area (Å²) in [6.07, 6.45) is 1.44. The molecular weight excluding hydrogens is 614 g/mol. The summed E-state index contributed by atoms with van der Waals surface area (Å²) in [4.78, 5) is 41.5. The number of nitrogens with two attached hydrogens (primary N) is 1. The van der Waals surface area contributed by atoms with Crippen LogP contribution in [0.1, 0.15) is 48.5 Å². The van der Waals surface area contributed by atoms with Crippen molar-refractivity contribution in [1.29, 1.82) is 0 Å². The van der Waals surface area contributed by atoms with Gasteiger partial charge in [-0.05, 0) is 79.4 Å². The fourth-order valence-corrected chi connectivity index (χ4v) is 11.5. The molecule has 250 valence electrons. The zero-order valence-electron chi connectivity index (χ0n) is 27.7. The Morgan fingerprint density at radius 3 is 2.38 bits per heavy atom. The molecule has 0 saturated carbocycles. The quantitative estimate of drug-likeness (QED) is 0.109. The number of carbonyl (C=O) groups is 3. The number of nitrogens with zero attached hydrogens (tertiary/aromatic N) is 1. The fourth-order valence-electron chi connectivity index (χ4n) is 7.49. The molecule has 2 amide bonds. The van der Waals surface area contributed by atoms with E-state index in [2.05, 4.69) is 37.5 Å². The summed E-state index contributed by atoms with van der Waals surface area (Å²) in [7, 11) is 0.665. The zero-order chi connectivity index (χ0) is 33.9. The Hall–Kier alpha value is -4.19. The maximum Gasteiger partial charge on any atom is 0.305 e. The Balaban J connectivity index is 1.55. The number of ether oxygens (including phenoxy) is 3. The standard InChI is InChI=1S/C36H45N3O7Si/c1-23-33(47(4,5)28-16-14-27(44-2)15-17-28)31(19-21-40)46-36(23)29-22-26(38-34(42)24-9-11-25(37)12-10-24)13-18-30(29)39(35(36)43)20-7-6-8-32(41)45-3/h9-18,22-23,31,33,40H,6-8,19-21,37H2,1-5H3,(H,38,42)/t23-,31+,33-,36+/m1/s1. The van der Waals surface area contributed by atoms with Crippen LogP contribution in [0.5, 0.6) is 5.75 Å². The van der Waals surface area contributed by atoms with Gasteiger partial charge in [-0.1, -0.05) is 37.3 Å². The molecule has 1 spiro atoms. The molecule has 47 heavy (non-hydrogen) atoms. The van der Waals surface area contributed by atoms with Crippen LogP contribution in [0.4, 0.5) is 17.1 Å².